The number of nitrogens with zero attached hydrogens (tertiary/aromatic N) is 3. The van der Waals surface area contributed by atoms with E-state index in [0.29, 0.717) is 23.3 Å². The first kappa shape index (κ1) is 15.5. The minimum absolute atomic E-state index is 0.00101. The normalized spacial score (nSPS) is 16.0. The summed E-state index contributed by atoms with van der Waals surface area (Å²) in [6.45, 7) is 5.56. The number of carbonyl (C=O) groups excluding carboxylic acids is 1. The van der Waals surface area contributed by atoms with E-state index in [9.17, 15) is 4.79 Å². The van der Waals surface area contributed by atoms with Gasteiger partial charge in [0.15, 0.2) is 5.82 Å². The van der Waals surface area contributed by atoms with Crippen molar-refractivity contribution in [2.24, 2.45) is 0 Å². The summed E-state index contributed by atoms with van der Waals surface area (Å²) in [6, 6.07) is 5.15. The van der Waals surface area contributed by atoms with Gasteiger partial charge >= 0.3 is 0 Å². The Morgan fingerprint density at radius 3 is 2.70 bits per heavy atom. The monoisotopic (exact) mass is 316 g/mol. The van der Waals surface area contributed by atoms with Crippen LogP contribution >= 0.6 is 0 Å². The van der Waals surface area contributed by atoms with Gasteiger partial charge in [-0.25, -0.2) is 4.98 Å². The molecule has 1 N–H and O–H groups in total. The van der Waals surface area contributed by atoms with Crippen LogP contribution in [0.1, 0.15) is 55.3 Å². The molecule has 0 aromatic carbocycles. The number of aryl methyl sites for hydroxylation is 1. The molecule has 7 nitrogen and oxygen atoms in total. The van der Waals surface area contributed by atoms with Gasteiger partial charge in [0.25, 0.3) is 5.91 Å². The lowest BCUT2D eigenvalue weighted by atomic mass is 9.76. The molecule has 0 atom stereocenters. The van der Waals surface area contributed by atoms with Crippen molar-refractivity contribution < 1.29 is 14.1 Å². The second kappa shape index (κ2) is 5.98. The minimum Gasteiger partial charge on any atom is -0.475 e. The molecule has 23 heavy (non-hydrogen) atoms. The van der Waals surface area contributed by atoms with Gasteiger partial charge in [-0.2, -0.15) is 4.98 Å². The molecule has 0 saturated heterocycles. The molecule has 1 saturated carbocycles. The molecule has 122 valence electrons. The van der Waals surface area contributed by atoms with E-state index in [4.69, 9.17) is 9.26 Å². The van der Waals surface area contributed by atoms with Crippen LogP contribution < -0.4 is 10.1 Å². The zero-order chi connectivity index (χ0) is 16.4. The number of hydrogen-bond donors (Lipinski definition) is 1. The van der Waals surface area contributed by atoms with E-state index >= 15 is 0 Å². The zero-order valence-corrected chi connectivity index (χ0v) is 13.5. The van der Waals surface area contributed by atoms with Crippen LogP contribution in [0.5, 0.6) is 5.88 Å². The van der Waals surface area contributed by atoms with Crippen LogP contribution in [0.2, 0.25) is 0 Å². The van der Waals surface area contributed by atoms with Gasteiger partial charge < -0.3 is 14.6 Å². The molecule has 2 aromatic rings. The molecule has 1 aliphatic carbocycles. The van der Waals surface area contributed by atoms with Crippen LogP contribution in [-0.4, -0.2) is 27.1 Å². The largest absolute Gasteiger partial charge is 0.475 e. The number of carbonyl (C=O) groups is 1. The van der Waals surface area contributed by atoms with E-state index in [0.717, 1.165) is 19.3 Å². The van der Waals surface area contributed by atoms with Gasteiger partial charge in [0.2, 0.25) is 11.8 Å². The number of hydrogen-bond acceptors (Lipinski definition) is 6. The van der Waals surface area contributed by atoms with Gasteiger partial charge in [0, 0.05) is 13.0 Å². The third kappa shape index (κ3) is 3.18. The predicted molar refractivity (Wildman–Crippen MR) is 82.0 cm³/mol. The van der Waals surface area contributed by atoms with E-state index in [1.165, 1.54) is 0 Å². The highest BCUT2D eigenvalue weighted by Crippen LogP contribution is 2.39. The first-order chi connectivity index (χ1) is 11.0. The van der Waals surface area contributed by atoms with E-state index < -0.39 is 5.54 Å². The maximum Gasteiger partial charge on any atom is 0.270 e. The summed E-state index contributed by atoms with van der Waals surface area (Å²) in [4.78, 5) is 21.1. The highest BCUT2D eigenvalue weighted by atomic mass is 16.5. The third-order valence-corrected chi connectivity index (χ3v) is 3.83. The Morgan fingerprint density at radius 1 is 1.35 bits per heavy atom. The van der Waals surface area contributed by atoms with Crippen molar-refractivity contribution in [2.45, 2.75) is 51.7 Å². The van der Waals surface area contributed by atoms with Crippen molar-refractivity contribution in [1.82, 2.24) is 20.4 Å². The highest BCUT2D eigenvalue weighted by molar-refractivity contribution is 5.93. The second-order valence-corrected chi connectivity index (χ2v) is 6.05. The molecule has 1 amide bonds. The van der Waals surface area contributed by atoms with Crippen molar-refractivity contribution in [3.05, 3.63) is 35.6 Å². The molecular formula is C16H20N4O3. The number of rotatable bonds is 5. The van der Waals surface area contributed by atoms with Crippen molar-refractivity contribution >= 4 is 5.91 Å². The Balaban J connectivity index is 1.78. The summed E-state index contributed by atoms with van der Waals surface area (Å²) in [5.41, 5.74) is -0.236. The Bertz CT molecular complexity index is 707. The average molecular weight is 316 g/mol. The first-order valence-corrected chi connectivity index (χ1v) is 7.75. The van der Waals surface area contributed by atoms with Gasteiger partial charge in [-0.3, -0.25) is 4.79 Å². The second-order valence-electron chi connectivity index (χ2n) is 6.05. The van der Waals surface area contributed by atoms with E-state index in [2.05, 4.69) is 20.4 Å². The fourth-order valence-electron chi connectivity index (χ4n) is 2.56. The smallest absolute Gasteiger partial charge is 0.270 e. The molecule has 0 radical (unpaired) electrons. The van der Waals surface area contributed by atoms with Crippen molar-refractivity contribution in [3.8, 4) is 5.88 Å². The van der Waals surface area contributed by atoms with Gasteiger partial charge in [-0.15, -0.1) is 0 Å². The fraction of sp³-hybridized carbons (Fsp3) is 0.500. The maximum atomic E-state index is 12.6. The van der Waals surface area contributed by atoms with Crippen LogP contribution in [-0.2, 0) is 5.54 Å². The Hall–Kier alpha value is -2.44. The Kier molecular flexibility index (Phi) is 4.02. The van der Waals surface area contributed by atoms with Crippen molar-refractivity contribution in [1.29, 1.82) is 0 Å². The summed E-state index contributed by atoms with van der Waals surface area (Å²) < 4.78 is 10.6. The third-order valence-electron chi connectivity index (χ3n) is 3.83. The van der Waals surface area contributed by atoms with E-state index in [-0.39, 0.29) is 12.0 Å². The predicted octanol–water partition coefficient (Wildman–Crippen LogP) is 2.37. The molecule has 3 rings (SSSR count). The summed E-state index contributed by atoms with van der Waals surface area (Å²) in [5.74, 6) is 1.20. The molecule has 1 aliphatic rings. The number of amides is 1. The average Bonchev–Trinajstić information content (AvgIpc) is 2.89. The van der Waals surface area contributed by atoms with E-state index in [1.54, 1.807) is 25.1 Å². The SMILES string of the molecule is Cc1nc(C2(NC(=O)c3cccc(OC(C)C)n3)CCC2)no1. The zero-order valence-electron chi connectivity index (χ0n) is 13.5. The quantitative estimate of drug-likeness (QED) is 0.910. The lowest BCUT2D eigenvalue weighted by molar-refractivity contribution is 0.0798. The van der Waals surface area contributed by atoms with Crippen LogP contribution in [0.3, 0.4) is 0 Å². The first-order valence-electron chi connectivity index (χ1n) is 7.75. The molecular weight excluding hydrogens is 296 g/mol. The topological polar surface area (TPSA) is 90.1 Å². The van der Waals surface area contributed by atoms with Gasteiger partial charge in [-0.05, 0) is 39.2 Å². The molecule has 0 aliphatic heterocycles. The van der Waals surface area contributed by atoms with Crippen molar-refractivity contribution in [3.63, 3.8) is 0 Å². The van der Waals surface area contributed by atoms with Crippen LogP contribution in [0.4, 0.5) is 0 Å². The number of nitrogens with one attached hydrogen (secondary N) is 1. The molecule has 1 fully saturated rings. The highest BCUT2D eigenvalue weighted by Gasteiger charge is 2.44. The minimum atomic E-state index is -0.550. The van der Waals surface area contributed by atoms with Gasteiger partial charge in [0.05, 0.1) is 6.10 Å². The molecule has 2 heterocycles. The van der Waals surface area contributed by atoms with Crippen LogP contribution in [0, 0.1) is 6.92 Å². The molecule has 0 spiro atoms. The van der Waals surface area contributed by atoms with Crippen LogP contribution in [0.25, 0.3) is 0 Å². The number of ether oxygens (including phenoxy) is 1. The molecule has 7 heteroatoms. The van der Waals surface area contributed by atoms with Crippen molar-refractivity contribution in [2.75, 3.05) is 0 Å². The summed E-state index contributed by atoms with van der Waals surface area (Å²) in [7, 11) is 0. The van der Waals surface area contributed by atoms with Gasteiger partial charge in [0.1, 0.15) is 11.2 Å². The van der Waals surface area contributed by atoms with Gasteiger partial charge in [-0.1, -0.05) is 11.2 Å². The molecule has 0 bridgehead atoms. The Morgan fingerprint density at radius 2 is 2.13 bits per heavy atom. The fourth-order valence-corrected chi connectivity index (χ4v) is 2.56. The summed E-state index contributed by atoms with van der Waals surface area (Å²) in [5, 5.41) is 6.98. The standard InChI is InChI=1S/C16H20N4O3/c1-10(2)22-13-7-4-6-12(18-13)14(21)19-16(8-5-9-16)15-17-11(3)23-20-15/h4,6-7,10H,5,8-9H2,1-3H3,(H,19,21). The number of aromatic nitrogens is 3. The Labute approximate surface area is 134 Å². The summed E-state index contributed by atoms with van der Waals surface area (Å²) in [6.07, 6.45) is 2.60. The lowest BCUT2D eigenvalue weighted by Crippen LogP contribution is -2.51. The van der Waals surface area contributed by atoms with E-state index in [1.807, 2.05) is 13.8 Å². The van der Waals surface area contributed by atoms with Crippen LogP contribution in [0.15, 0.2) is 22.7 Å². The molecule has 2 aromatic heterocycles. The lowest BCUT2D eigenvalue weighted by Gasteiger charge is -2.39. The maximum absolute atomic E-state index is 12.6. The molecule has 0 unspecified atom stereocenters. The number of pyridine rings is 1. The summed E-state index contributed by atoms with van der Waals surface area (Å²) >= 11 is 0.